The molecule has 0 spiro atoms. The SMILES string of the molecule is CCC(C)N1C(=O)CC(NCc2nncn2CC)C1=O. The molecule has 2 amide bonds. The molecular formula is C13H21N5O2. The van der Waals surface area contributed by atoms with Gasteiger partial charge in [0.2, 0.25) is 11.8 Å². The smallest absolute Gasteiger partial charge is 0.247 e. The zero-order chi connectivity index (χ0) is 14.7. The van der Waals surface area contributed by atoms with Crippen molar-refractivity contribution >= 4 is 11.8 Å². The van der Waals surface area contributed by atoms with Crippen LogP contribution in [-0.4, -0.2) is 43.6 Å². The molecule has 7 nitrogen and oxygen atoms in total. The lowest BCUT2D eigenvalue weighted by molar-refractivity contribution is -0.141. The van der Waals surface area contributed by atoms with Crippen LogP contribution >= 0.6 is 0 Å². The number of carbonyl (C=O) groups excluding carboxylic acids is 2. The third-order valence-corrected chi connectivity index (χ3v) is 3.76. The molecule has 0 aliphatic carbocycles. The number of likely N-dealkylation sites (tertiary alicyclic amines) is 1. The van der Waals surface area contributed by atoms with Gasteiger partial charge in [0, 0.05) is 12.6 Å². The van der Waals surface area contributed by atoms with Crippen LogP contribution in [0.3, 0.4) is 0 Å². The highest BCUT2D eigenvalue weighted by Crippen LogP contribution is 2.18. The van der Waals surface area contributed by atoms with Crippen molar-refractivity contribution in [1.29, 1.82) is 0 Å². The van der Waals surface area contributed by atoms with Gasteiger partial charge in [0.25, 0.3) is 0 Å². The van der Waals surface area contributed by atoms with Crippen molar-refractivity contribution in [3.05, 3.63) is 12.2 Å². The van der Waals surface area contributed by atoms with Crippen molar-refractivity contribution < 1.29 is 9.59 Å². The van der Waals surface area contributed by atoms with Gasteiger partial charge in [-0.05, 0) is 20.3 Å². The molecule has 1 fully saturated rings. The summed E-state index contributed by atoms with van der Waals surface area (Å²) in [4.78, 5) is 25.5. The van der Waals surface area contributed by atoms with Crippen molar-refractivity contribution in [2.45, 2.75) is 58.8 Å². The van der Waals surface area contributed by atoms with E-state index in [1.807, 2.05) is 25.3 Å². The molecule has 2 atom stereocenters. The van der Waals surface area contributed by atoms with Crippen LogP contribution in [0.5, 0.6) is 0 Å². The second-order valence-corrected chi connectivity index (χ2v) is 5.03. The molecule has 1 aromatic rings. The van der Waals surface area contributed by atoms with Gasteiger partial charge in [-0.2, -0.15) is 0 Å². The molecule has 0 bridgehead atoms. The number of aromatic nitrogens is 3. The van der Waals surface area contributed by atoms with Crippen LogP contribution in [0.25, 0.3) is 0 Å². The average Bonchev–Trinajstić information content (AvgIpc) is 3.00. The van der Waals surface area contributed by atoms with Gasteiger partial charge in [-0.3, -0.25) is 19.8 Å². The average molecular weight is 279 g/mol. The van der Waals surface area contributed by atoms with E-state index >= 15 is 0 Å². The van der Waals surface area contributed by atoms with Gasteiger partial charge < -0.3 is 4.57 Å². The molecule has 20 heavy (non-hydrogen) atoms. The van der Waals surface area contributed by atoms with Crippen molar-refractivity contribution in [2.75, 3.05) is 0 Å². The van der Waals surface area contributed by atoms with Gasteiger partial charge in [-0.25, -0.2) is 0 Å². The van der Waals surface area contributed by atoms with E-state index in [2.05, 4.69) is 15.5 Å². The Morgan fingerprint density at radius 3 is 2.85 bits per heavy atom. The Labute approximate surface area is 118 Å². The number of hydrogen-bond donors (Lipinski definition) is 1. The molecule has 1 aliphatic rings. The first-order valence-electron chi connectivity index (χ1n) is 7.04. The summed E-state index contributed by atoms with van der Waals surface area (Å²) in [5, 5.41) is 11.0. The Hall–Kier alpha value is -1.76. The minimum absolute atomic E-state index is 0.0407. The van der Waals surface area contributed by atoms with Crippen molar-refractivity contribution in [1.82, 2.24) is 25.0 Å². The number of amides is 2. The monoisotopic (exact) mass is 279 g/mol. The number of carbonyl (C=O) groups is 2. The van der Waals surface area contributed by atoms with Crippen LogP contribution in [-0.2, 0) is 22.7 Å². The standard InChI is InChI=1S/C13H21N5O2/c1-4-9(3)18-12(19)6-10(13(18)20)14-7-11-16-15-8-17(11)5-2/h8-10,14H,4-7H2,1-3H3. The van der Waals surface area contributed by atoms with Gasteiger partial charge >= 0.3 is 0 Å². The normalized spacial score (nSPS) is 20.8. The lowest BCUT2D eigenvalue weighted by Gasteiger charge is -2.21. The van der Waals surface area contributed by atoms with E-state index in [0.29, 0.717) is 6.54 Å². The molecule has 110 valence electrons. The fourth-order valence-electron chi connectivity index (χ4n) is 2.35. The number of hydrogen-bond acceptors (Lipinski definition) is 5. The van der Waals surface area contributed by atoms with E-state index in [-0.39, 0.29) is 24.3 Å². The van der Waals surface area contributed by atoms with Crippen molar-refractivity contribution in [3.8, 4) is 0 Å². The summed E-state index contributed by atoms with van der Waals surface area (Å²) in [6.45, 7) is 7.08. The molecule has 0 aromatic carbocycles. The van der Waals surface area contributed by atoms with Gasteiger partial charge in [0.05, 0.1) is 19.0 Å². The first-order chi connectivity index (χ1) is 9.58. The van der Waals surface area contributed by atoms with Crippen molar-refractivity contribution in [3.63, 3.8) is 0 Å². The fraction of sp³-hybridized carbons (Fsp3) is 0.692. The molecule has 1 saturated heterocycles. The van der Waals surface area contributed by atoms with Gasteiger partial charge in [-0.1, -0.05) is 6.92 Å². The van der Waals surface area contributed by atoms with Crippen LogP contribution in [0.2, 0.25) is 0 Å². The molecule has 1 aromatic heterocycles. The second-order valence-electron chi connectivity index (χ2n) is 5.03. The van der Waals surface area contributed by atoms with Crippen LogP contribution in [0.15, 0.2) is 6.33 Å². The number of aryl methyl sites for hydroxylation is 1. The van der Waals surface area contributed by atoms with Crippen LogP contribution in [0.1, 0.15) is 39.4 Å². The van der Waals surface area contributed by atoms with E-state index in [0.717, 1.165) is 18.8 Å². The van der Waals surface area contributed by atoms with Gasteiger partial charge in [-0.15, -0.1) is 10.2 Å². The summed E-state index contributed by atoms with van der Waals surface area (Å²) in [5.41, 5.74) is 0. The van der Waals surface area contributed by atoms with Gasteiger partial charge in [0.15, 0.2) is 0 Å². The lowest BCUT2D eigenvalue weighted by Crippen LogP contribution is -2.42. The zero-order valence-electron chi connectivity index (χ0n) is 12.2. The second kappa shape index (κ2) is 6.13. The minimum Gasteiger partial charge on any atom is -0.317 e. The number of nitrogens with zero attached hydrogens (tertiary/aromatic N) is 4. The van der Waals surface area contributed by atoms with E-state index in [4.69, 9.17) is 0 Å². The maximum Gasteiger partial charge on any atom is 0.247 e. The first kappa shape index (κ1) is 14.6. The largest absolute Gasteiger partial charge is 0.317 e. The summed E-state index contributed by atoms with van der Waals surface area (Å²) < 4.78 is 1.90. The first-order valence-corrected chi connectivity index (χ1v) is 7.04. The Bertz CT molecular complexity index is 499. The molecule has 2 rings (SSSR count). The topological polar surface area (TPSA) is 80.1 Å². The summed E-state index contributed by atoms with van der Waals surface area (Å²) >= 11 is 0. The summed E-state index contributed by atoms with van der Waals surface area (Å²) in [7, 11) is 0. The van der Waals surface area contributed by atoms with Crippen LogP contribution in [0, 0.1) is 0 Å². The Morgan fingerprint density at radius 1 is 1.45 bits per heavy atom. The summed E-state index contributed by atoms with van der Waals surface area (Å²) in [6, 6.07) is -0.486. The maximum atomic E-state index is 12.2. The minimum atomic E-state index is -0.446. The molecule has 1 N–H and O–H groups in total. The maximum absolute atomic E-state index is 12.2. The molecule has 7 heteroatoms. The molecule has 2 unspecified atom stereocenters. The Balaban J connectivity index is 1.98. The lowest BCUT2D eigenvalue weighted by atomic mass is 10.2. The quantitative estimate of drug-likeness (QED) is 0.758. The molecular weight excluding hydrogens is 258 g/mol. The van der Waals surface area contributed by atoms with Crippen molar-refractivity contribution in [2.24, 2.45) is 0 Å². The predicted molar refractivity (Wildman–Crippen MR) is 72.5 cm³/mol. The number of imide groups is 1. The third kappa shape index (κ3) is 2.72. The predicted octanol–water partition coefficient (Wildman–Crippen LogP) is 0.314. The molecule has 2 heterocycles. The van der Waals surface area contributed by atoms with Gasteiger partial charge in [0.1, 0.15) is 12.2 Å². The third-order valence-electron chi connectivity index (χ3n) is 3.76. The van der Waals surface area contributed by atoms with E-state index in [1.54, 1.807) is 6.33 Å². The summed E-state index contributed by atoms with van der Waals surface area (Å²) in [5.74, 6) is 0.542. The Morgan fingerprint density at radius 2 is 2.20 bits per heavy atom. The molecule has 0 saturated carbocycles. The number of nitrogens with one attached hydrogen (secondary N) is 1. The Kier molecular flexibility index (Phi) is 4.49. The van der Waals surface area contributed by atoms with Crippen LogP contribution in [0.4, 0.5) is 0 Å². The summed E-state index contributed by atoms with van der Waals surface area (Å²) in [6.07, 6.45) is 2.65. The highest BCUT2D eigenvalue weighted by Gasteiger charge is 2.40. The highest BCUT2D eigenvalue weighted by atomic mass is 16.2. The zero-order valence-corrected chi connectivity index (χ0v) is 12.2. The number of rotatable bonds is 6. The van der Waals surface area contributed by atoms with E-state index in [1.165, 1.54) is 4.90 Å². The molecule has 1 aliphatic heterocycles. The molecule has 0 radical (unpaired) electrons. The fourth-order valence-corrected chi connectivity index (χ4v) is 2.35. The van der Waals surface area contributed by atoms with Crippen LogP contribution < -0.4 is 5.32 Å². The van der Waals surface area contributed by atoms with E-state index in [9.17, 15) is 9.59 Å². The van der Waals surface area contributed by atoms with E-state index < -0.39 is 6.04 Å². The highest BCUT2D eigenvalue weighted by molar-refractivity contribution is 6.05.